The molecule has 0 N–H and O–H groups in total. The molecule has 0 aliphatic heterocycles. The lowest BCUT2D eigenvalue weighted by atomic mass is 9.69. The number of benzene rings is 3. The summed E-state index contributed by atoms with van der Waals surface area (Å²) in [6, 6.07) is 12.0. The highest BCUT2D eigenvalue weighted by atomic mass is 19.4. The Kier molecular flexibility index (Phi) is 7.06. The van der Waals surface area contributed by atoms with Crippen LogP contribution in [-0.2, 0) is 12.6 Å². The van der Waals surface area contributed by atoms with E-state index in [1.165, 1.54) is 25.0 Å². The smallest absolute Gasteiger partial charge is 0.206 e. The van der Waals surface area contributed by atoms with Gasteiger partial charge in [0.2, 0.25) is 0 Å². The minimum Gasteiger partial charge on any atom is -0.206 e. The second-order valence-electron chi connectivity index (χ2n) is 9.18. The molecule has 5 heteroatoms. The van der Waals surface area contributed by atoms with Crippen molar-refractivity contribution in [2.45, 2.75) is 70.4 Å². The zero-order chi connectivity index (χ0) is 23.6. The molecule has 0 fully saturated rings. The van der Waals surface area contributed by atoms with E-state index in [0.717, 1.165) is 67.2 Å². The standard InChI is InChI=1S/C28H29F5/c1-2-3-4-5-6-8-18-11-13-21-20-9-7-10-25(29)22(20)14-15-23(21)27(18)19-12-16-24(26(30)17-19)28(31,32)33/h7,9-10,12,14-18,27H,2-6,8,11,13H2,1H3/t18-,27-/m1/s1. The zero-order valence-electron chi connectivity index (χ0n) is 18.8. The van der Waals surface area contributed by atoms with Crippen molar-refractivity contribution in [2.75, 3.05) is 0 Å². The maximum atomic E-state index is 14.5. The van der Waals surface area contributed by atoms with Gasteiger partial charge < -0.3 is 0 Å². The molecule has 0 amide bonds. The normalized spacial score (nSPS) is 18.5. The lowest BCUT2D eigenvalue weighted by Crippen LogP contribution is -2.23. The molecule has 0 aromatic heterocycles. The Morgan fingerprint density at radius 2 is 1.64 bits per heavy atom. The van der Waals surface area contributed by atoms with Crippen LogP contribution in [0.2, 0.25) is 0 Å². The first-order valence-electron chi connectivity index (χ1n) is 11.9. The van der Waals surface area contributed by atoms with E-state index >= 15 is 0 Å². The first-order chi connectivity index (χ1) is 15.8. The summed E-state index contributed by atoms with van der Waals surface area (Å²) in [4.78, 5) is 0. The summed E-state index contributed by atoms with van der Waals surface area (Å²) in [5.74, 6) is -1.52. The summed E-state index contributed by atoms with van der Waals surface area (Å²) in [5.41, 5.74) is 1.34. The molecule has 2 atom stereocenters. The minimum absolute atomic E-state index is 0.204. The van der Waals surface area contributed by atoms with Crippen LogP contribution in [-0.4, -0.2) is 0 Å². The van der Waals surface area contributed by atoms with Crippen molar-refractivity contribution in [3.05, 3.63) is 82.4 Å². The second kappa shape index (κ2) is 9.82. The molecular formula is C28H29F5. The fourth-order valence-corrected chi connectivity index (χ4v) is 5.45. The van der Waals surface area contributed by atoms with Crippen molar-refractivity contribution < 1.29 is 22.0 Å². The van der Waals surface area contributed by atoms with Crippen molar-refractivity contribution in [3.8, 4) is 0 Å². The molecule has 0 radical (unpaired) electrons. The number of hydrogen-bond donors (Lipinski definition) is 0. The monoisotopic (exact) mass is 460 g/mol. The van der Waals surface area contributed by atoms with E-state index in [1.807, 2.05) is 12.1 Å². The number of aryl methyl sites for hydroxylation is 1. The molecule has 0 saturated carbocycles. The van der Waals surface area contributed by atoms with Crippen LogP contribution in [0, 0.1) is 17.6 Å². The number of rotatable bonds is 7. The van der Waals surface area contributed by atoms with Gasteiger partial charge in [-0.25, -0.2) is 8.78 Å². The van der Waals surface area contributed by atoms with E-state index in [1.54, 1.807) is 12.1 Å². The first kappa shape index (κ1) is 23.7. The number of fused-ring (bicyclic) bond motifs is 3. The van der Waals surface area contributed by atoms with Crippen LogP contribution in [0.1, 0.15) is 80.0 Å². The topological polar surface area (TPSA) is 0 Å². The van der Waals surface area contributed by atoms with Crippen molar-refractivity contribution in [3.63, 3.8) is 0 Å². The summed E-state index contributed by atoms with van der Waals surface area (Å²) < 4.78 is 68.3. The summed E-state index contributed by atoms with van der Waals surface area (Å²) >= 11 is 0. The average Bonchev–Trinajstić information content (AvgIpc) is 2.77. The number of halogens is 5. The molecule has 1 aliphatic carbocycles. The van der Waals surface area contributed by atoms with E-state index in [-0.39, 0.29) is 17.7 Å². The van der Waals surface area contributed by atoms with Crippen LogP contribution in [0.4, 0.5) is 22.0 Å². The van der Waals surface area contributed by atoms with E-state index in [4.69, 9.17) is 0 Å². The third kappa shape index (κ3) is 4.92. The Bertz CT molecular complexity index is 1120. The van der Waals surface area contributed by atoms with Gasteiger partial charge in [-0.1, -0.05) is 69.4 Å². The number of unbranched alkanes of at least 4 members (excludes halogenated alkanes) is 4. The Labute approximate surface area is 191 Å². The van der Waals surface area contributed by atoms with Gasteiger partial charge in [0, 0.05) is 11.3 Å². The Balaban J connectivity index is 1.74. The maximum Gasteiger partial charge on any atom is 0.419 e. The van der Waals surface area contributed by atoms with Crippen LogP contribution in [0.15, 0.2) is 48.5 Å². The molecule has 3 aromatic carbocycles. The highest BCUT2D eigenvalue weighted by Crippen LogP contribution is 2.46. The van der Waals surface area contributed by atoms with E-state index < -0.39 is 17.6 Å². The third-order valence-corrected chi connectivity index (χ3v) is 7.06. The summed E-state index contributed by atoms with van der Waals surface area (Å²) in [7, 11) is 0. The predicted molar refractivity (Wildman–Crippen MR) is 122 cm³/mol. The molecule has 0 heterocycles. The van der Waals surface area contributed by atoms with Crippen molar-refractivity contribution in [1.82, 2.24) is 0 Å². The molecule has 1 aliphatic rings. The SMILES string of the molecule is CCCCCCC[C@@H]1CCc2c(ccc3c(F)cccc23)[C@H]1c1ccc(C(F)(F)F)c(F)c1. The van der Waals surface area contributed by atoms with E-state index in [2.05, 4.69) is 6.92 Å². The van der Waals surface area contributed by atoms with Crippen molar-refractivity contribution in [2.24, 2.45) is 5.92 Å². The molecule has 0 spiro atoms. The van der Waals surface area contributed by atoms with Gasteiger partial charge in [0.25, 0.3) is 0 Å². The van der Waals surface area contributed by atoms with E-state index in [0.29, 0.717) is 10.9 Å². The predicted octanol–water partition coefficient (Wildman–Crippen LogP) is 9.19. The fraction of sp³-hybridized carbons (Fsp3) is 0.429. The Morgan fingerprint density at radius 3 is 2.36 bits per heavy atom. The molecule has 33 heavy (non-hydrogen) atoms. The molecule has 176 valence electrons. The summed E-state index contributed by atoms with van der Waals surface area (Å²) in [6.45, 7) is 2.17. The van der Waals surface area contributed by atoms with E-state index in [9.17, 15) is 22.0 Å². The van der Waals surface area contributed by atoms with Gasteiger partial charge in [-0.05, 0) is 65.5 Å². The van der Waals surface area contributed by atoms with Crippen LogP contribution >= 0.6 is 0 Å². The highest BCUT2D eigenvalue weighted by molar-refractivity contribution is 5.88. The van der Waals surface area contributed by atoms with Crippen LogP contribution in [0.25, 0.3) is 10.8 Å². The lowest BCUT2D eigenvalue weighted by Gasteiger charge is -2.35. The average molecular weight is 461 g/mol. The minimum atomic E-state index is -4.72. The molecular weight excluding hydrogens is 431 g/mol. The summed E-state index contributed by atoms with van der Waals surface area (Å²) in [6.07, 6.45) is 3.54. The van der Waals surface area contributed by atoms with Crippen molar-refractivity contribution in [1.29, 1.82) is 0 Å². The Morgan fingerprint density at radius 1 is 0.848 bits per heavy atom. The van der Waals surface area contributed by atoms with Gasteiger partial charge >= 0.3 is 6.18 Å². The van der Waals surface area contributed by atoms with Crippen molar-refractivity contribution >= 4 is 10.8 Å². The highest BCUT2D eigenvalue weighted by Gasteiger charge is 2.36. The van der Waals surface area contributed by atoms with Gasteiger partial charge in [-0.15, -0.1) is 0 Å². The largest absolute Gasteiger partial charge is 0.419 e. The molecule has 0 bridgehead atoms. The van der Waals surface area contributed by atoms with Crippen LogP contribution in [0.3, 0.4) is 0 Å². The van der Waals surface area contributed by atoms with Gasteiger partial charge in [0.15, 0.2) is 0 Å². The van der Waals surface area contributed by atoms with Gasteiger partial charge in [-0.3, -0.25) is 0 Å². The third-order valence-electron chi connectivity index (χ3n) is 7.06. The molecule has 0 saturated heterocycles. The van der Waals surface area contributed by atoms with Crippen LogP contribution < -0.4 is 0 Å². The molecule has 0 unspecified atom stereocenters. The maximum absolute atomic E-state index is 14.5. The van der Waals surface area contributed by atoms with Gasteiger partial charge in [0.05, 0.1) is 5.56 Å². The number of hydrogen-bond acceptors (Lipinski definition) is 0. The molecule has 4 rings (SSSR count). The van der Waals surface area contributed by atoms with Gasteiger partial charge in [0.1, 0.15) is 11.6 Å². The summed E-state index contributed by atoms with van der Waals surface area (Å²) in [5, 5.41) is 1.39. The van der Waals surface area contributed by atoms with Gasteiger partial charge in [-0.2, -0.15) is 13.2 Å². The quantitative estimate of drug-likeness (QED) is 0.243. The zero-order valence-corrected chi connectivity index (χ0v) is 18.8. The number of alkyl halides is 3. The van der Waals surface area contributed by atoms with Crippen LogP contribution in [0.5, 0.6) is 0 Å². The molecule has 3 aromatic rings. The molecule has 0 nitrogen and oxygen atoms in total. The Hall–Kier alpha value is -2.43. The fourth-order valence-electron chi connectivity index (χ4n) is 5.45. The second-order valence-corrected chi connectivity index (χ2v) is 9.18. The lowest BCUT2D eigenvalue weighted by molar-refractivity contribution is -0.140. The first-order valence-corrected chi connectivity index (χ1v) is 11.9.